The Morgan fingerprint density at radius 3 is 2.52 bits per heavy atom. The van der Waals surface area contributed by atoms with Crippen molar-refractivity contribution in [2.24, 2.45) is 5.92 Å². The van der Waals surface area contributed by atoms with Gasteiger partial charge in [0.25, 0.3) is 0 Å². The summed E-state index contributed by atoms with van der Waals surface area (Å²) < 4.78 is 6.35. The van der Waals surface area contributed by atoms with E-state index in [1.165, 1.54) is 18.5 Å². The number of ether oxygens (including phenoxy) is 1. The molecule has 0 bridgehead atoms. The lowest BCUT2D eigenvalue weighted by Crippen LogP contribution is -2.37. The van der Waals surface area contributed by atoms with Gasteiger partial charge < -0.3 is 9.94 Å². The molecule has 1 N–H and O–H groups in total. The van der Waals surface area contributed by atoms with E-state index in [4.69, 9.17) is 4.74 Å². The van der Waals surface area contributed by atoms with Crippen molar-refractivity contribution in [2.75, 3.05) is 5.32 Å². The van der Waals surface area contributed by atoms with Gasteiger partial charge in [0.15, 0.2) is 12.4 Å². The van der Waals surface area contributed by atoms with E-state index < -0.39 is 11.6 Å². The van der Waals surface area contributed by atoms with Crippen molar-refractivity contribution in [1.82, 2.24) is 9.97 Å². The van der Waals surface area contributed by atoms with Gasteiger partial charge in [-0.25, -0.2) is 14.8 Å². The zero-order valence-corrected chi connectivity index (χ0v) is 16.7. The monoisotopic (exact) mass is 416 g/mol. The zero-order chi connectivity index (χ0) is 21.4. The summed E-state index contributed by atoms with van der Waals surface area (Å²) in [4.78, 5) is 33.5. The van der Waals surface area contributed by atoms with Gasteiger partial charge >= 0.3 is 5.97 Å². The maximum atomic E-state index is 12.7. The fraction of sp³-hybridized carbons (Fsp3) is 0.261. The first kappa shape index (κ1) is 19.2. The number of fused-ring (bicyclic) bond motifs is 2. The summed E-state index contributed by atoms with van der Waals surface area (Å²) in [5.74, 6) is -0.548. The van der Waals surface area contributed by atoms with E-state index >= 15 is 0 Å². The summed E-state index contributed by atoms with van der Waals surface area (Å²) in [7, 11) is 0. The van der Waals surface area contributed by atoms with E-state index in [1.807, 2.05) is 30.3 Å². The molecule has 3 heterocycles. The van der Waals surface area contributed by atoms with Crippen molar-refractivity contribution in [3.63, 3.8) is 0 Å². The summed E-state index contributed by atoms with van der Waals surface area (Å²) >= 11 is 0. The number of pyridine rings is 1. The molecule has 0 saturated heterocycles. The number of rotatable bonds is 3. The molecular formula is C23H20N4O4. The van der Waals surface area contributed by atoms with Crippen molar-refractivity contribution < 1.29 is 19.1 Å². The van der Waals surface area contributed by atoms with Crippen LogP contribution in [0.25, 0.3) is 11.1 Å². The van der Waals surface area contributed by atoms with Crippen LogP contribution in [-0.4, -0.2) is 21.8 Å². The fourth-order valence-corrected chi connectivity index (χ4v) is 4.41. The molecule has 1 aromatic carbocycles. The summed E-state index contributed by atoms with van der Waals surface area (Å²) in [6.45, 7) is 0. The van der Waals surface area contributed by atoms with E-state index in [0.717, 1.165) is 11.1 Å². The number of hydrogen-bond donors (Lipinski definition) is 1. The van der Waals surface area contributed by atoms with Gasteiger partial charge in [-0.3, -0.25) is 10.1 Å². The van der Waals surface area contributed by atoms with Gasteiger partial charge in [0, 0.05) is 29.9 Å². The van der Waals surface area contributed by atoms with Crippen molar-refractivity contribution in [3.05, 3.63) is 77.5 Å². The topological polar surface area (TPSA) is 108 Å². The van der Waals surface area contributed by atoms with E-state index in [9.17, 15) is 14.8 Å². The number of nitrogens with zero attached hydrogens (tertiary/aromatic N) is 3. The normalized spacial score (nSPS) is 22.1. The second-order valence-corrected chi connectivity index (χ2v) is 7.94. The number of anilines is 1. The Hall–Kier alpha value is -3.81. The first-order valence-corrected chi connectivity index (χ1v) is 10.2. The Morgan fingerprint density at radius 1 is 1.10 bits per heavy atom. The molecule has 1 fully saturated rings. The third kappa shape index (κ3) is 3.50. The molecule has 2 aliphatic rings. The van der Waals surface area contributed by atoms with E-state index in [2.05, 4.69) is 15.3 Å². The van der Waals surface area contributed by atoms with Crippen LogP contribution in [0.15, 0.2) is 61.2 Å². The maximum absolute atomic E-state index is 12.7. The van der Waals surface area contributed by atoms with E-state index in [0.29, 0.717) is 41.5 Å². The molecule has 1 spiro atoms. The number of hydrogen-bond acceptors (Lipinski definition) is 6. The van der Waals surface area contributed by atoms with Crippen molar-refractivity contribution in [1.29, 1.82) is 0 Å². The van der Waals surface area contributed by atoms with E-state index in [1.54, 1.807) is 12.4 Å². The molecule has 8 nitrogen and oxygen atoms in total. The summed E-state index contributed by atoms with van der Waals surface area (Å²) in [5.41, 5.74) is 2.11. The minimum Gasteiger partial charge on any atom is -0.619 e. The van der Waals surface area contributed by atoms with Crippen LogP contribution in [0.3, 0.4) is 0 Å². The Balaban J connectivity index is 1.24. The highest BCUT2D eigenvalue weighted by atomic mass is 16.6. The quantitative estimate of drug-likeness (QED) is 0.400. The second-order valence-electron chi connectivity index (χ2n) is 7.94. The van der Waals surface area contributed by atoms with Crippen LogP contribution < -0.4 is 10.0 Å². The van der Waals surface area contributed by atoms with Crippen molar-refractivity contribution in [2.45, 2.75) is 31.3 Å². The summed E-state index contributed by atoms with van der Waals surface area (Å²) in [6.07, 6.45) is 8.11. The maximum Gasteiger partial charge on any atom is 0.339 e. The molecule has 5 rings (SSSR count). The second kappa shape index (κ2) is 7.46. The molecule has 156 valence electrons. The molecule has 1 aliphatic carbocycles. The van der Waals surface area contributed by atoms with Crippen molar-refractivity contribution in [3.8, 4) is 11.1 Å². The van der Waals surface area contributed by atoms with Crippen LogP contribution in [0.4, 0.5) is 5.95 Å². The minimum absolute atomic E-state index is 0.154. The molecule has 1 saturated carbocycles. The molecule has 0 radical (unpaired) electrons. The fourth-order valence-electron chi connectivity index (χ4n) is 4.41. The zero-order valence-electron chi connectivity index (χ0n) is 16.7. The molecule has 0 unspecified atom stereocenters. The standard InChI is InChI=1S/C23H20N4O4/c28-20(26-22-24-12-17(13-25-22)15-4-2-1-3-5-15)16-6-9-23(10-7-16)19-14-27(30)11-8-18(19)21(29)31-23/h1-5,8,11-14,16H,6-7,9-10H2,(H,24,25,26,28). The van der Waals surface area contributed by atoms with Gasteiger partial charge in [0.1, 0.15) is 5.60 Å². The Morgan fingerprint density at radius 2 is 1.81 bits per heavy atom. The van der Waals surface area contributed by atoms with Gasteiger partial charge in [-0.15, -0.1) is 0 Å². The third-order valence-corrected chi connectivity index (χ3v) is 6.09. The predicted octanol–water partition coefficient (Wildman–Crippen LogP) is 2.97. The van der Waals surface area contributed by atoms with Crippen LogP contribution >= 0.6 is 0 Å². The molecular weight excluding hydrogens is 396 g/mol. The van der Waals surface area contributed by atoms with Crippen molar-refractivity contribution >= 4 is 17.8 Å². The number of carbonyl (C=O) groups is 2. The van der Waals surface area contributed by atoms with Crippen LogP contribution in [0.2, 0.25) is 0 Å². The summed E-state index contributed by atoms with van der Waals surface area (Å²) in [5, 5.41) is 14.5. The molecule has 3 aromatic rings. The smallest absolute Gasteiger partial charge is 0.339 e. The highest BCUT2D eigenvalue weighted by Crippen LogP contribution is 2.47. The van der Waals surface area contributed by atoms with Gasteiger partial charge in [-0.05, 0) is 31.2 Å². The average molecular weight is 416 g/mol. The largest absolute Gasteiger partial charge is 0.619 e. The highest BCUT2D eigenvalue weighted by molar-refractivity contribution is 5.94. The lowest BCUT2D eigenvalue weighted by atomic mass is 9.75. The lowest BCUT2D eigenvalue weighted by Gasteiger charge is -2.35. The van der Waals surface area contributed by atoms with Gasteiger partial charge in [0.2, 0.25) is 11.9 Å². The average Bonchev–Trinajstić information content (AvgIpc) is 3.05. The number of carbonyl (C=O) groups excluding carboxylic acids is 2. The Labute approximate surface area is 178 Å². The first-order valence-electron chi connectivity index (χ1n) is 10.2. The van der Waals surface area contributed by atoms with Crippen LogP contribution in [-0.2, 0) is 15.1 Å². The number of nitrogens with one attached hydrogen (secondary N) is 1. The molecule has 1 amide bonds. The number of aromatic nitrogens is 3. The molecule has 2 aromatic heterocycles. The Kier molecular flexibility index (Phi) is 4.62. The summed E-state index contributed by atoms with van der Waals surface area (Å²) in [6, 6.07) is 11.3. The predicted molar refractivity (Wildman–Crippen MR) is 111 cm³/mol. The number of benzene rings is 1. The number of amides is 1. The highest BCUT2D eigenvalue weighted by Gasteiger charge is 2.50. The third-order valence-electron chi connectivity index (χ3n) is 6.09. The minimum atomic E-state index is -0.815. The van der Waals surface area contributed by atoms with E-state index in [-0.39, 0.29) is 17.8 Å². The van der Waals surface area contributed by atoms with Crippen LogP contribution in [0, 0.1) is 11.1 Å². The molecule has 31 heavy (non-hydrogen) atoms. The number of esters is 1. The molecule has 1 aliphatic heterocycles. The lowest BCUT2D eigenvalue weighted by molar-refractivity contribution is -0.606. The van der Waals surface area contributed by atoms with Gasteiger partial charge in [-0.1, -0.05) is 30.3 Å². The van der Waals surface area contributed by atoms with Crippen LogP contribution in [0.5, 0.6) is 0 Å². The molecule has 0 atom stereocenters. The SMILES string of the molecule is O=C1OC2(CCC(C(=O)Nc3ncc(-c4ccccc4)cn3)CC2)c2c[n+]([O-])ccc21. The Bertz CT molecular complexity index is 1140. The molecule has 8 heteroatoms. The van der Waals surface area contributed by atoms with Gasteiger partial charge in [0.05, 0.1) is 11.1 Å². The first-order chi connectivity index (χ1) is 15.0. The van der Waals surface area contributed by atoms with Crippen LogP contribution in [0.1, 0.15) is 41.6 Å². The van der Waals surface area contributed by atoms with Gasteiger partial charge in [-0.2, -0.15) is 4.73 Å².